The molecule has 0 bridgehead atoms. The Labute approximate surface area is 173 Å². The van der Waals surface area contributed by atoms with Gasteiger partial charge in [-0.15, -0.1) is 10.2 Å². The number of aryl methyl sites for hydroxylation is 1. The van der Waals surface area contributed by atoms with Gasteiger partial charge in [0.2, 0.25) is 5.01 Å². The van der Waals surface area contributed by atoms with Crippen molar-refractivity contribution in [3.8, 4) is 5.75 Å². The first-order chi connectivity index (χ1) is 13.9. The Balaban J connectivity index is 1.52. The fourth-order valence-corrected chi connectivity index (χ4v) is 3.11. The molecule has 0 atom stereocenters. The van der Waals surface area contributed by atoms with Crippen LogP contribution in [-0.4, -0.2) is 28.1 Å². The Kier molecular flexibility index (Phi) is 6.56. The standard InChI is InChI=1S/C21H22N4O3S/c1-13(2)28-18-10-4-15(5-11-18)12-22-19(26)16-6-8-17(9-7-16)23-20(27)21-25-24-14(3)29-21/h4-11,13H,12H2,1-3H3,(H,22,26)(H,23,27). The number of hydrogen-bond acceptors (Lipinski definition) is 6. The minimum atomic E-state index is -0.322. The normalized spacial score (nSPS) is 10.6. The van der Waals surface area contributed by atoms with E-state index in [9.17, 15) is 9.59 Å². The van der Waals surface area contributed by atoms with Gasteiger partial charge >= 0.3 is 0 Å². The summed E-state index contributed by atoms with van der Waals surface area (Å²) in [5, 5.41) is 14.3. The maximum absolute atomic E-state index is 12.3. The Bertz CT molecular complexity index is 982. The van der Waals surface area contributed by atoms with Crippen molar-refractivity contribution in [3.63, 3.8) is 0 Å². The monoisotopic (exact) mass is 410 g/mol. The van der Waals surface area contributed by atoms with Crippen molar-refractivity contribution in [2.45, 2.75) is 33.4 Å². The van der Waals surface area contributed by atoms with Crippen molar-refractivity contribution in [1.82, 2.24) is 15.5 Å². The summed E-state index contributed by atoms with van der Waals surface area (Å²) < 4.78 is 5.61. The maximum atomic E-state index is 12.3. The van der Waals surface area contributed by atoms with Crippen LogP contribution < -0.4 is 15.4 Å². The minimum absolute atomic E-state index is 0.121. The molecule has 150 valence electrons. The summed E-state index contributed by atoms with van der Waals surface area (Å²) >= 11 is 1.22. The number of rotatable bonds is 7. The van der Waals surface area contributed by atoms with E-state index in [2.05, 4.69) is 20.8 Å². The zero-order valence-corrected chi connectivity index (χ0v) is 17.2. The molecule has 1 aromatic heterocycles. The summed E-state index contributed by atoms with van der Waals surface area (Å²) in [6.07, 6.45) is 0.121. The largest absolute Gasteiger partial charge is 0.491 e. The first-order valence-corrected chi connectivity index (χ1v) is 9.97. The summed E-state index contributed by atoms with van der Waals surface area (Å²) in [5.41, 5.74) is 2.07. The van der Waals surface area contributed by atoms with Gasteiger partial charge in [-0.1, -0.05) is 23.5 Å². The van der Waals surface area contributed by atoms with Crippen LogP contribution in [0.1, 0.15) is 44.6 Å². The van der Waals surface area contributed by atoms with E-state index in [1.165, 1.54) is 11.3 Å². The van der Waals surface area contributed by atoms with Crippen molar-refractivity contribution in [1.29, 1.82) is 0 Å². The molecule has 29 heavy (non-hydrogen) atoms. The molecule has 1 heterocycles. The second kappa shape index (κ2) is 9.29. The molecule has 0 spiro atoms. The molecule has 7 nitrogen and oxygen atoms in total. The van der Waals surface area contributed by atoms with Crippen molar-refractivity contribution in [3.05, 3.63) is 69.7 Å². The lowest BCUT2D eigenvalue weighted by Gasteiger charge is -2.10. The van der Waals surface area contributed by atoms with Gasteiger partial charge in [-0.25, -0.2) is 0 Å². The van der Waals surface area contributed by atoms with Gasteiger partial charge in [0.05, 0.1) is 6.10 Å². The van der Waals surface area contributed by atoms with Crippen LogP contribution in [0.15, 0.2) is 48.5 Å². The van der Waals surface area contributed by atoms with Crippen LogP contribution in [-0.2, 0) is 6.54 Å². The first-order valence-electron chi connectivity index (χ1n) is 9.16. The van der Waals surface area contributed by atoms with Crippen LogP contribution in [0.3, 0.4) is 0 Å². The molecule has 0 unspecified atom stereocenters. The lowest BCUT2D eigenvalue weighted by atomic mass is 10.1. The van der Waals surface area contributed by atoms with Crippen LogP contribution in [0.2, 0.25) is 0 Å². The van der Waals surface area contributed by atoms with Crippen molar-refractivity contribution in [2.24, 2.45) is 0 Å². The third-order valence-electron chi connectivity index (χ3n) is 3.87. The predicted molar refractivity (Wildman–Crippen MR) is 112 cm³/mol. The molecule has 0 aliphatic heterocycles. The Morgan fingerprint density at radius 2 is 1.69 bits per heavy atom. The minimum Gasteiger partial charge on any atom is -0.491 e. The fraction of sp³-hybridized carbons (Fsp3) is 0.238. The molecule has 3 rings (SSSR count). The Hall–Kier alpha value is -3.26. The number of carbonyl (C=O) groups is 2. The van der Waals surface area contributed by atoms with E-state index >= 15 is 0 Å². The highest BCUT2D eigenvalue weighted by molar-refractivity contribution is 7.13. The molecule has 0 aliphatic rings. The van der Waals surface area contributed by atoms with Gasteiger partial charge < -0.3 is 15.4 Å². The van der Waals surface area contributed by atoms with E-state index in [0.717, 1.165) is 16.3 Å². The number of nitrogens with zero attached hydrogens (tertiary/aromatic N) is 2. The number of anilines is 1. The molecule has 3 aromatic rings. The number of hydrogen-bond donors (Lipinski definition) is 2. The van der Waals surface area contributed by atoms with Gasteiger partial charge in [0.15, 0.2) is 0 Å². The summed E-state index contributed by atoms with van der Waals surface area (Å²) in [6, 6.07) is 14.3. The van der Waals surface area contributed by atoms with E-state index in [1.54, 1.807) is 31.2 Å². The number of aromatic nitrogens is 2. The van der Waals surface area contributed by atoms with Crippen LogP contribution in [0, 0.1) is 6.92 Å². The topological polar surface area (TPSA) is 93.2 Å². The maximum Gasteiger partial charge on any atom is 0.286 e. The number of carbonyl (C=O) groups excluding carboxylic acids is 2. The zero-order valence-electron chi connectivity index (χ0n) is 16.4. The Morgan fingerprint density at radius 1 is 1.00 bits per heavy atom. The van der Waals surface area contributed by atoms with Crippen LogP contribution in [0.5, 0.6) is 5.75 Å². The summed E-state index contributed by atoms with van der Waals surface area (Å²) in [7, 11) is 0. The van der Waals surface area contributed by atoms with Crippen molar-refractivity contribution < 1.29 is 14.3 Å². The summed E-state index contributed by atoms with van der Waals surface area (Å²) in [4.78, 5) is 24.4. The molecule has 2 N–H and O–H groups in total. The number of benzene rings is 2. The Morgan fingerprint density at radius 3 is 2.28 bits per heavy atom. The summed E-state index contributed by atoms with van der Waals surface area (Å²) in [6.45, 7) is 6.15. The zero-order chi connectivity index (χ0) is 20.8. The number of ether oxygens (including phenoxy) is 1. The average Bonchev–Trinajstić information content (AvgIpc) is 3.14. The molecular weight excluding hydrogens is 388 g/mol. The predicted octanol–water partition coefficient (Wildman–Crippen LogP) is 3.82. The van der Waals surface area contributed by atoms with Gasteiger partial charge in [-0.05, 0) is 62.7 Å². The van der Waals surface area contributed by atoms with Gasteiger partial charge in [-0.2, -0.15) is 0 Å². The van der Waals surface area contributed by atoms with Crippen LogP contribution in [0.4, 0.5) is 5.69 Å². The highest BCUT2D eigenvalue weighted by Gasteiger charge is 2.12. The second-order valence-corrected chi connectivity index (χ2v) is 7.83. The third kappa shape index (κ3) is 5.86. The molecular formula is C21H22N4O3S. The third-order valence-corrected chi connectivity index (χ3v) is 4.71. The average molecular weight is 410 g/mol. The highest BCUT2D eigenvalue weighted by Crippen LogP contribution is 2.15. The second-order valence-electron chi connectivity index (χ2n) is 6.65. The lowest BCUT2D eigenvalue weighted by Crippen LogP contribution is -2.22. The molecule has 0 aliphatic carbocycles. The SMILES string of the molecule is Cc1nnc(C(=O)Nc2ccc(C(=O)NCc3ccc(OC(C)C)cc3)cc2)s1. The number of nitrogens with one attached hydrogen (secondary N) is 2. The smallest absolute Gasteiger partial charge is 0.286 e. The van der Waals surface area contributed by atoms with Crippen LogP contribution in [0.25, 0.3) is 0 Å². The molecule has 0 saturated heterocycles. The fourth-order valence-electron chi connectivity index (χ4n) is 2.52. The lowest BCUT2D eigenvalue weighted by molar-refractivity contribution is 0.0950. The van der Waals surface area contributed by atoms with Gasteiger partial charge in [-0.3, -0.25) is 9.59 Å². The molecule has 0 saturated carbocycles. The molecule has 0 fully saturated rings. The van der Waals surface area contributed by atoms with E-state index in [0.29, 0.717) is 22.8 Å². The molecule has 2 amide bonds. The first kappa shape index (κ1) is 20.5. The molecule has 0 radical (unpaired) electrons. The van der Waals surface area contributed by atoms with E-state index in [4.69, 9.17) is 4.74 Å². The van der Waals surface area contributed by atoms with Gasteiger partial charge in [0, 0.05) is 17.8 Å². The molecule has 8 heteroatoms. The quantitative estimate of drug-likeness (QED) is 0.618. The van der Waals surface area contributed by atoms with Gasteiger partial charge in [0.1, 0.15) is 10.8 Å². The van der Waals surface area contributed by atoms with Crippen LogP contribution >= 0.6 is 11.3 Å². The van der Waals surface area contributed by atoms with E-state index in [-0.39, 0.29) is 17.9 Å². The van der Waals surface area contributed by atoms with E-state index in [1.807, 2.05) is 38.1 Å². The van der Waals surface area contributed by atoms with E-state index < -0.39 is 0 Å². The van der Waals surface area contributed by atoms with Crippen molar-refractivity contribution in [2.75, 3.05) is 5.32 Å². The summed E-state index contributed by atoms with van der Waals surface area (Å²) in [5.74, 6) is 0.291. The number of amides is 2. The van der Waals surface area contributed by atoms with Crippen molar-refractivity contribution >= 4 is 28.8 Å². The molecule has 2 aromatic carbocycles. The highest BCUT2D eigenvalue weighted by atomic mass is 32.1. The van der Waals surface area contributed by atoms with Gasteiger partial charge in [0.25, 0.3) is 11.8 Å².